The van der Waals surface area contributed by atoms with Gasteiger partial charge in [0.25, 0.3) is 0 Å². The largest absolute Gasteiger partial charge is 0.396 e. The summed E-state index contributed by atoms with van der Waals surface area (Å²) in [7, 11) is 1.71. The van der Waals surface area contributed by atoms with E-state index in [-0.39, 0.29) is 12.0 Å². The minimum atomic E-state index is -0.0922. The Hall–Kier alpha value is -0.600. The van der Waals surface area contributed by atoms with Crippen LogP contribution in [0.2, 0.25) is 0 Å². The summed E-state index contributed by atoms with van der Waals surface area (Å²) in [6.45, 7) is 5.23. The molecule has 0 heterocycles. The first-order valence-electron chi connectivity index (χ1n) is 9.60. The fourth-order valence-corrected chi connectivity index (χ4v) is 3.30. The molecule has 0 aliphatic heterocycles. The predicted octanol–water partition coefficient (Wildman–Crippen LogP) is 5.66. The molecule has 1 aliphatic rings. The molecule has 1 rings (SSSR count). The molecular formula is C21H38O2. The second kappa shape index (κ2) is 11.9. The molecule has 0 aromatic heterocycles. The third-order valence-corrected chi connectivity index (χ3v) is 5.08. The highest BCUT2D eigenvalue weighted by molar-refractivity contribution is 5.23. The van der Waals surface area contributed by atoms with E-state index in [1.807, 2.05) is 0 Å². The highest BCUT2D eigenvalue weighted by Crippen LogP contribution is 2.30. The number of ether oxygens (including phenoxy) is 1. The van der Waals surface area contributed by atoms with E-state index in [1.165, 1.54) is 50.5 Å². The van der Waals surface area contributed by atoms with Crippen LogP contribution in [-0.2, 0) is 4.74 Å². The molecule has 1 aliphatic carbocycles. The van der Waals surface area contributed by atoms with Crippen molar-refractivity contribution >= 4 is 0 Å². The van der Waals surface area contributed by atoms with Crippen LogP contribution in [0.25, 0.3) is 0 Å². The number of hydrogen-bond acceptors (Lipinski definition) is 2. The maximum Gasteiger partial charge on any atom is 0.0537 e. The van der Waals surface area contributed by atoms with Crippen LogP contribution in [0.4, 0.5) is 0 Å². The van der Waals surface area contributed by atoms with E-state index >= 15 is 0 Å². The molecule has 134 valence electrons. The van der Waals surface area contributed by atoms with Crippen molar-refractivity contribution in [2.45, 2.75) is 78.1 Å². The number of rotatable bonds is 13. The Morgan fingerprint density at radius 1 is 1.22 bits per heavy atom. The summed E-state index contributed by atoms with van der Waals surface area (Å²) in [6, 6.07) is 0. The van der Waals surface area contributed by atoms with Gasteiger partial charge in [-0.2, -0.15) is 0 Å². The van der Waals surface area contributed by atoms with E-state index in [0.29, 0.717) is 12.5 Å². The van der Waals surface area contributed by atoms with Crippen LogP contribution in [0.15, 0.2) is 23.8 Å². The Bertz CT molecular complexity index is 359. The van der Waals surface area contributed by atoms with Crippen LogP contribution < -0.4 is 0 Å². The minimum absolute atomic E-state index is 0.0922. The quantitative estimate of drug-likeness (QED) is 0.443. The van der Waals surface area contributed by atoms with Crippen LogP contribution in [0.5, 0.6) is 0 Å². The van der Waals surface area contributed by atoms with E-state index in [2.05, 4.69) is 32.1 Å². The standard InChI is InChI=1S/C21H38O2/c1-4-5-6-7-8-9-10-19-11-13-20(14-12-19)15-16-21(2,17-22)18-23-3/h11-13,20,22H,4-10,14-18H2,1-3H3. The lowest BCUT2D eigenvalue weighted by molar-refractivity contribution is 0.0331. The van der Waals surface area contributed by atoms with E-state index in [9.17, 15) is 5.11 Å². The second-order valence-corrected chi connectivity index (χ2v) is 7.59. The lowest BCUT2D eigenvalue weighted by atomic mass is 9.82. The van der Waals surface area contributed by atoms with Crippen molar-refractivity contribution < 1.29 is 9.84 Å². The maximum atomic E-state index is 9.55. The summed E-state index contributed by atoms with van der Waals surface area (Å²) in [5.41, 5.74) is 1.43. The molecule has 0 saturated heterocycles. The highest BCUT2D eigenvalue weighted by atomic mass is 16.5. The molecule has 0 bridgehead atoms. The van der Waals surface area contributed by atoms with Crippen LogP contribution in [-0.4, -0.2) is 25.4 Å². The van der Waals surface area contributed by atoms with Gasteiger partial charge >= 0.3 is 0 Å². The van der Waals surface area contributed by atoms with Crippen molar-refractivity contribution in [2.24, 2.45) is 11.3 Å². The van der Waals surface area contributed by atoms with Gasteiger partial charge in [-0.3, -0.25) is 0 Å². The van der Waals surface area contributed by atoms with Gasteiger partial charge < -0.3 is 9.84 Å². The van der Waals surface area contributed by atoms with Crippen LogP contribution >= 0.6 is 0 Å². The predicted molar refractivity (Wildman–Crippen MR) is 99.6 cm³/mol. The van der Waals surface area contributed by atoms with Gasteiger partial charge in [0.15, 0.2) is 0 Å². The Labute approximate surface area is 144 Å². The van der Waals surface area contributed by atoms with Gasteiger partial charge in [-0.1, -0.05) is 69.8 Å². The third-order valence-electron chi connectivity index (χ3n) is 5.08. The average molecular weight is 323 g/mol. The number of aliphatic hydroxyl groups is 1. The maximum absolute atomic E-state index is 9.55. The van der Waals surface area contributed by atoms with Gasteiger partial charge in [0.2, 0.25) is 0 Å². The van der Waals surface area contributed by atoms with Gasteiger partial charge in [-0.05, 0) is 38.0 Å². The summed E-state index contributed by atoms with van der Waals surface area (Å²) in [6.07, 6.45) is 19.9. The zero-order chi connectivity index (χ0) is 17.0. The van der Waals surface area contributed by atoms with Crippen molar-refractivity contribution in [3.05, 3.63) is 23.8 Å². The number of methoxy groups -OCH3 is 1. The van der Waals surface area contributed by atoms with Gasteiger partial charge in [0.1, 0.15) is 0 Å². The Morgan fingerprint density at radius 2 is 1.96 bits per heavy atom. The van der Waals surface area contributed by atoms with E-state index < -0.39 is 0 Å². The lowest BCUT2D eigenvalue weighted by Gasteiger charge is -2.28. The average Bonchev–Trinajstić information content (AvgIpc) is 2.57. The third kappa shape index (κ3) is 8.72. The van der Waals surface area contributed by atoms with Crippen LogP contribution in [0.3, 0.4) is 0 Å². The van der Waals surface area contributed by atoms with Gasteiger partial charge in [-0.25, -0.2) is 0 Å². The molecule has 0 spiro atoms. The molecule has 0 radical (unpaired) electrons. The summed E-state index contributed by atoms with van der Waals surface area (Å²) < 4.78 is 5.24. The summed E-state index contributed by atoms with van der Waals surface area (Å²) in [5, 5.41) is 9.55. The highest BCUT2D eigenvalue weighted by Gasteiger charge is 2.24. The van der Waals surface area contributed by atoms with Crippen molar-refractivity contribution in [1.29, 1.82) is 0 Å². The van der Waals surface area contributed by atoms with E-state index in [0.717, 1.165) is 19.3 Å². The number of aliphatic hydroxyl groups excluding tert-OH is 1. The Kier molecular flexibility index (Phi) is 10.5. The molecule has 0 aromatic rings. The molecule has 0 amide bonds. The van der Waals surface area contributed by atoms with Gasteiger partial charge in [0.05, 0.1) is 13.2 Å². The molecular weight excluding hydrogens is 284 g/mol. The molecule has 23 heavy (non-hydrogen) atoms. The number of unbranched alkanes of at least 4 members (excludes halogenated alkanes) is 5. The fraction of sp³-hybridized carbons (Fsp3) is 0.810. The smallest absolute Gasteiger partial charge is 0.0537 e. The molecule has 0 saturated carbocycles. The van der Waals surface area contributed by atoms with Crippen LogP contribution in [0, 0.1) is 11.3 Å². The summed E-state index contributed by atoms with van der Waals surface area (Å²) >= 11 is 0. The van der Waals surface area contributed by atoms with Gasteiger partial charge in [-0.15, -0.1) is 0 Å². The minimum Gasteiger partial charge on any atom is -0.396 e. The molecule has 2 unspecified atom stereocenters. The molecule has 0 aromatic carbocycles. The van der Waals surface area contributed by atoms with Crippen molar-refractivity contribution in [2.75, 3.05) is 20.3 Å². The normalized spacial score (nSPS) is 20.3. The van der Waals surface area contributed by atoms with Crippen molar-refractivity contribution in [1.82, 2.24) is 0 Å². The Balaban J connectivity index is 2.19. The molecule has 2 nitrogen and oxygen atoms in total. The van der Waals surface area contributed by atoms with Crippen molar-refractivity contribution in [3.8, 4) is 0 Å². The first kappa shape index (κ1) is 20.4. The Morgan fingerprint density at radius 3 is 2.57 bits per heavy atom. The zero-order valence-electron chi connectivity index (χ0n) is 15.7. The summed E-state index contributed by atoms with van der Waals surface area (Å²) in [4.78, 5) is 0. The first-order valence-corrected chi connectivity index (χ1v) is 9.60. The van der Waals surface area contributed by atoms with E-state index in [4.69, 9.17) is 4.74 Å². The van der Waals surface area contributed by atoms with Gasteiger partial charge in [0, 0.05) is 12.5 Å². The molecule has 2 heteroatoms. The first-order chi connectivity index (χ1) is 11.1. The van der Waals surface area contributed by atoms with Crippen LogP contribution in [0.1, 0.15) is 78.1 Å². The van der Waals surface area contributed by atoms with E-state index in [1.54, 1.807) is 7.11 Å². The lowest BCUT2D eigenvalue weighted by Crippen LogP contribution is -2.27. The molecule has 1 N–H and O–H groups in total. The topological polar surface area (TPSA) is 29.5 Å². The SMILES string of the molecule is CCCCCCCCC1=CCC(CCC(C)(CO)COC)C=C1. The fourth-order valence-electron chi connectivity index (χ4n) is 3.30. The molecule has 2 atom stereocenters. The number of hydrogen-bond donors (Lipinski definition) is 1. The second-order valence-electron chi connectivity index (χ2n) is 7.59. The monoisotopic (exact) mass is 322 g/mol. The summed E-state index contributed by atoms with van der Waals surface area (Å²) in [5.74, 6) is 0.631. The zero-order valence-corrected chi connectivity index (χ0v) is 15.7. The van der Waals surface area contributed by atoms with Crippen molar-refractivity contribution in [3.63, 3.8) is 0 Å². The number of allylic oxidation sites excluding steroid dienone is 4. The molecule has 0 fully saturated rings.